The van der Waals surface area contributed by atoms with Gasteiger partial charge in [0.15, 0.2) is 0 Å². The third-order valence-corrected chi connectivity index (χ3v) is 5.67. The highest BCUT2D eigenvalue weighted by atomic mass is 32.1. The Morgan fingerprint density at radius 1 is 1.26 bits per heavy atom. The van der Waals surface area contributed by atoms with Crippen molar-refractivity contribution in [2.45, 2.75) is 27.2 Å². The van der Waals surface area contributed by atoms with Gasteiger partial charge >= 0.3 is 0 Å². The zero-order valence-corrected chi connectivity index (χ0v) is 16.5. The Bertz CT molecular complexity index is 1140. The zero-order chi connectivity index (χ0) is 19.0. The van der Waals surface area contributed by atoms with E-state index in [0.29, 0.717) is 0 Å². The second-order valence-corrected chi connectivity index (χ2v) is 7.53. The molecular formula is C21H21N5S. The molecule has 0 aromatic carbocycles. The van der Waals surface area contributed by atoms with Crippen LogP contribution in [0.15, 0.2) is 49.6 Å². The minimum absolute atomic E-state index is 0.816. The lowest BCUT2D eigenvalue weighted by molar-refractivity contribution is 0.976. The van der Waals surface area contributed by atoms with Crippen LogP contribution >= 0.6 is 11.3 Å². The molecule has 0 radical (unpaired) electrons. The summed E-state index contributed by atoms with van der Waals surface area (Å²) in [6, 6.07) is 6.18. The molecule has 0 saturated heterocycles. The largest absolute Gasteiger partial charge is 0.354 e. The van der Waals surface area contributed by atoms with E-state index in [2.05, 4.69) is 52.2 Å². The number of nitrogens with one attached hydrogen (secondary N) is 1. The van der Waals surface area contributed by atoms with E-state index in [1.807, 2.05) is 43.0 Å². The summed E-state index contributed by atoms with van der Waals surface area (Å²) < 4.78 is 1.91. The quantitative estimate of drug-likeness (QED) is 0.526. The van der Waals surface area contributed by atoms with E-state index in [0.717, 1.165) is 50.0 Å². The Balaban J connectivity index is 1.70. The highest BCUT2D eigenvalue weighted by Gasteiger charge is 2.15. The van der Waals surface area contributed by atoms with E-state index < -0.39 is 0 Å². The molecule has 5 nitrogen and oxygen atoms in total. The first kappa shape index (κ1) is 17.4. The SMILES string of the molecule is C=C(Nc1cc(C)cnc1C)c1cnn2cc(-c3cccnc3CC)sc12. The van der Waals surface area contributed by atoms with Crippen molar-refractivity contribution < 1.29 is 0 Å². The van der Waals surface area contributed by atoms with E-state index in [4.69, 9.17) is 0 Å². The number of thiazole rings is 1. The summed E-state index contributed by atoms with van der Waals surface area (Å²) in [6.07, 6.45) is 8.53. The van der Waals surface area contributed by atoms with Crippen LogP contribution in [-0.4, -0.2) is 19.6 Å². The average molecular weight is 376 g/mol. The lowest BCUT2D eigenvalue weighted by Gasteiger charge is -2.11. The van der Waals surface area contributed by atoms with E-state index >= 15 is 0 Å². The molecule has 4 heterocycles. The maximum atomic E-state index is 4.51. The van der Waals surface area contributed by atoms with Crippen LogP contribution in [0.5, 0.6) is 0 Å². The van der Waals surface area contributed by atoms with Crippen LogP contribution < -0.4 is 5.32 Å². The van der Waals surface area contributed by atoms with Crippen molar-refractivity contribution in [3.05, 3.63) is 72.1 Å². The van der Waals surface area contributed by atoms with Gasteiger partial charge in [0.05, 0.1) is 28.0 Å². The van der Waals surface area contributed by atoms with E-state index in [-0.39, 0.29) is 0 Å². The molecule has 4 aromatic rings. The first-order chi connectivity index (χ1) is 13.1. The Hall–Kier alpha value is -2.99. The summed E-state index contributed by atoms with van der Waals surface area (Å²) in [7, 11) is 0. The van der Waals surface area contributed by atoms with Crippen molar-refractivity contribution in [3.8, 4) is 10.4 Å². The Morgan fingerprint density at radius 2 is 2.11 bits per heavy atom. The predicted octanol–water partition coefficient (Wildman–Crippen LogP) is 5.11. The molecule has 0 fully saturated rings. The zero-order valence-electron chi connectivity index (χ0n) is 15.7. The smallest absolute Gasteiger partial charge is 0.129 e. The first-order valence-electron chi connectivity index (χ1n) is 8.87. The van der Waals surface area contributed by atoms with Gasteiger partial charge in [-0.2, -0.15) is 5.10 Å². The molecule has 136 valence electrons. The third kappa shape index (κ3) is 3.24. The van der Waals surface area contributed by atoms with E-state index in [9.17, 15) is 0 Å². The highest BCUT2D eigenvalue weighted by molar-refractivity contribution is 7.21. The number of hydrogen-bond acceptors (Lipinski definition) is 5. The Kier molecular flexibility index (Phi) is 4.49. The number of aromatic nitrogens is 4. The van der Waals surface area contributed by atoms with Crippen LogP contribution in [0, 0.1) is 13.8 Å². The summed E-state index contributed by atoms with van der Waals surface area (Å²) in [5, 5.41) is 7.91. The van der Waals surface area contributed by atoms with Gasteiger partial charge in [0.25, 0.3) is 0 Å². The molecule has 6 heteroatoms. The van der Waals surface area contributed by atoms with Crippen LogP contribution in [0.4, 0.5) is 5.69 Å². The van der Waals surface area contributed by atoms with E-state index in [1.165, 1.54) is 5.56 Å². The molecule has 0 spiro atoms. The third-order valence-electron chi connectivity index (χ3n) is 4.52. The van der Waals surface area contributed by atoms with Gasteiger partial charge in [0, 0.05) is 35.5 Å². The van der Waals surface area contributed by atoms with Gasteiger partial charge in [0.1, 0.15) is 4.83 Å². The molecule has 0 saturated carbocycles. The topological polar surface area (TPSA) is 55.1 Å². The molecule has 4 rings (SSSR count). The van der Waals surface area contributed by atoms with Gasteiger partial charge in [-0.25, -0.2) is 4.52 Å². The van der Waals surface area contributed by atoms with Crippen molar-refractivity contribution >= 4 is 27.6 Å². The van der Waals surface area contributed by atoms with Gasteiger partial charge in [-0.15, -0.1) is 11.3 Å². The summed E-state index contributed by atoms with van der Waals surface area (Å²) in [5.74, 6) is 0. The van der Waals surface area contributed by atoms with Gasteiger partial charge in [-0.05, 0) is 38.0 Å². The summed E-state index contributed by atoms with van der Waals surface area (Å²) in [6.45, 7) is 10.4. The number of rotatable bonds is 5. The summed E-state index contributed by atoms with van der Waals surface area (Å²) >= 11 is 1.70. The van der Waals surface area contributed by atoms with Crippen LogP contribution in [0.3, 0.4) is 0 Å². The molecule has 0 atom stereocenters. The molecule has 1 N–H and O–H groups in total. The van der Waals surface area contributed by atoms with Crippen LogP contribution in [0.1, 0.15) is 29.4 Å². The van der Waals surface area contributed by atoms with Crippen LogP contribution in [0.25, 0.3) is 21.0 Å². The van der Waals surface area contributed by atoms with Crippen molar-refractivity contribution in [1.82, 2.24) is 19.6 Å². The fourth-order valence-corrected chi connectivity index (χ4v) is 4.19. The summed E-state index contributed by atoms with van der Waals surface area (Å²) in [4.78, 5) is 11.1. The van der Waals surface area contributed by atoms with Gasteiger partial charge in [0.2, 0.25) is 0 Å². The Morgan fingerprint density at radius 3 is 2.93 bits per heavy atom. The standard InChI is InChI=1S/C21H21N5S/c1-5-18-16(7-6-8-22-18)20-12-26-21(27-20)17(11-24-26)14(3)25-19-9-13(2)10-23-15(19)4/h6-12,25H,3,5H2,1-2,4H3. The number of aryl methyl sites for hydroxylation is 3. The number of pyridine rings is 2. The lowest BCUT2D eigenvalue weighted by atomic mass is 10.1. The van der Waals surface area contributed by atoms with Crippen molar-refractivity contribution in [2.24, 2.45) is 0 Å². The van der Waals surface area contributed by atoms with Gasteiger partial charge < -0.3 is 5.32 Å². The number of nitrogens with zero attached hydrogens (tertiary/aromatic N) is 4. The minimum atomic E-state index is 0.816. The number of fused-ring (bicyclic) bond motifs is 1. The number of hydrogen-bond donors (Lipinski definition) is 1. The predicted molar refractivity (Wildman–Crippen MR) is 112 cm³/mol. The molecule has 0 amide bonds. The van der Waals surface area contributed by atoms with Crippen molar-refractivity contribution in [1.29, 1.82) is 0 Å². The molecule has 0 aliphatic carbocycles. The van der Waals surface area contributed by atoms with Crippen molar-refractivity contribution in [2.75, 3.05) is 5.32 Å². The highest BCUT2D eigenvalue weighted by Crippen LogP contribution is 2.34. The normalized spacial score (nSPS) is 11.1. The van der Waals surface area contributed by atoms with Crippen molar-refractivity contribution in [3.63, 3.8) is 0 Å². The molecule has 0 unspecified atom stereocenters. The molecule has 0 aliphatic rings. The van der Waals surface area contributed by atoms with E-state index in [1.54, 1.807) is 11.3 Å². The van der Waals surface area contributed by atoms with Crippen LogP contribution in [0.2, 0.25) is 0 Å². The number of anilines is 1. The van der Waals surface area contributed by atoms with Gasteiger partial charge in [-0.3, -0.25) is 9.97 Å². The summed E-state index contributed by atoms with van der Waals surface area (Å²) in [5.41, 5.74) is 7.10. The second-order valence-electron chi connectivity index (χ2n) is 6.50. The fourth-order valence-electron chi connectivity index (χ4n) is 3.06. The molecule has 4 aromatic heterocycles. The Labute approximate surface area is 162 Å². The minimum Gasteiger partial charge on any atom is -0.354 e. The molecule has 0 aliphatic heterocycles. The van der Waals surface area contributed by atoms with Crippen LogP contribution in [-0.2, 0) is 6.42 Å². The molecular weight excluding hydrogens is 354 g/mol. The average Bonchev–Trinajstić information content (AvgIpc) is 3.25. The molecule has 0 bridgehead atoms. The van der Waals surface area contributed by atoms with Gasteiger partial charge in [-0.1, -0.05) is 19.6 Å². The molecule has 27 heavy (non-hydrogen) atoms. The first-order valence-corrected chi connectivity index (χ1v) is 9.69. The second kappa shape index (κ2) is 6.96. The maximum absolute atomic E-state index is 4.51. The maximum Gasteiger partial charge on any atom is 0.129 e. The lowest BCUT2D eigenvalue weighted by Crippen LogP contribution is -2.00. The monoisotopic (exact) mass is 375 g/mol. The fraction of sp³-hybridized carbons (Fsp3) is 0.190.